The molecule has 3 aromatic rings. The van der Waals surface area contributed by atoms with Gasteiger partial charge in [-0.1, -0.05) is 31.4 Å². The molecule has 2 atom stereocenters. The third kappa shape index (κ3) is 3.72. The van der Waals surface area contributed by atoms with Crippen molar-refractivity contribution >= 4 is 11.0 Å². The fourth-order valence-electron chi connectivity index (χ4n) is 4.86. The number of aromatic nitrogens is 2. The first kappa shape index (κ1) is 16.8. The van der Waals surface area contributed by atoms with Crippen LogP contribution in [0.2, 0.25) is 0 Å². The molecule has 1 aliphatic heterocycles. The third-order valence-electron chi connectivity index (χ3n) is 6.33. The van der Waals surface area contributed by atoms with E-state index in [-0.39, 0.29) is 0 Å². The lowest BCUT2D eigenvalue weighted by atomic mass is 9.75. The molecule has 0 spiro atoms. The second-order valence-corrected chi connectivity index (χ2v) is 8.16. The molecule has 1 N–H and O–H groups in total. The highest BCUT2D eigenvalue weighted by Gasteiger charge is 2.30. The molecule has 1 saturated carbocycles. The zero-order valence-corrected chi connectivity index (χ0v) is 15.7. The first-order valence-electron chi connectivity index (χ1n) is 10.3. The van der Waals surface area contributed by atoms with Gasteiger partial charge >= 0.3 is 0 Å². The highest BCUT2D eigenvalue weighted by Crippen LogP contribution is 2.36. The lowest BCUT2D eigenvalue weighted by molar-refractivity contribution is 0.0820. The van der Waals surface area contributed by atoms with Gasteiger partial charge in [0.15, 0.2) is 0 Å². The van der Waals surface area contributed by atoms with Gasteiger partial charge in [0.1, 0.15) is 11.5 Å². The maximum absolute atomic E-state index is 6.01. The molecule has 1 aromatic heterocycles. The van der Waals surface area contributed by atoms with E-state index < -0.39 is 0 Å². The summed E-state index contributed by atoms with van der Waals surface area (Å²) < 4.78 is 6.01. The standard InChI is InChI=1S/C23H27N3O/c1-2-4-19-15-26(12-11-18(19)3-1)14-17-5-7-20(8-6-17)27-21-9-10-22-23(13-21)25-16-24-22/h5-10,13,16,18-19H,1-4,11-12,14-15H2,(H,24,25)/t18-,19-/m0/s1. The molecule has 2 fully saturated rings. The summed E-state index contributed by atoms with van der Waals surface area (Å²) in [6.07, 6.45) is 8.89. The van der Waals surface area contributed by atoms with E-state index in [9.17, 15) is 0 Å². The Hall–Kier alpha value is -2.33. The van der Waals surface area contributed by atoms with Crippen molar-refractivity contribution in [2.24, 2.45) is 11.8 Å². The van der Waals surface area contributed by atoms with E-state index in [1.807, 2.05) is 18.2 Å². The normalized spacial score (nSPS) is 23.3. The third-order valence-corrected chi connectivity index (χ3v) is 6.33. The molecule has 27 heavy (non-hydrogen) atoms. The second kappa shape index (κ2) is 7.35. The van der Waals surface area contributed by atoms with E-state index in [1.165, 1.54) is 50.8 Å². The van der Waals surface area contributed by atoms with E-state index in [1.54, 1.807) is 6.33 Å². The molecular weight excluding hydrogens is 334 g/mol. The SMILES string of the molecule is c1nc2ccc(Oc3ccc(CN4CC[C@@H]5CCCC[C@H]5C4)cc3)cc2[nH]1. The van der Waals surface area contributed by atoms with Crippen molar-refractivity contribution in [3.05, 3.63) is 54.4 Å². The summed E-state index contributed by atoms with van der Waals surface area (Å²) in [5.41, 5.74) is 3.33. The summed E-state index contributed by atoms with van der Waals surface area (Å²) in [6.45, 7) is 3.60. The monoisotopic (exact) mass is 361 g/mol. The van der Waals surface area contributed by atoms with Gasteiger partial charge in [-0.3, -0.25) is 4.90 Å². The Balaban J connectivity index is 1.21. The first-order chi connectivity index (χ1) is 13.3. The number of hydrogen-bond donors (Lipinski definition) is 1. The molecule has 0 radical (unpaired) electrons. The number of nitrogens with zero attached hydrogens (tertiary/aromatic N) is 2. The minimum absolute atomic E-state index is 0.832. The topological polar surface area (TPSA) is 41.1 Å². The molecule has 2 aromatic carbocycles. The minimum Gasteiger partial charge on any atom is -0.457 e. The zero-order valence-electron chi connectivity index (χ0n) is 15.7. The summed E-state index contributed by atoms with van der Waals surface area (Å²) in [7, 11) is 0. The number of benzene rings is 2. The van der Waals surface area contributed by atoms with E-state index in [0.717, 1.165) is 40.9 Å². The van der Waals surface area contributed by atoms with E-state index in [0.29, 0.717) is 0 Å². The molecule has 0 amide bonds. The Morgan fingerprint density at radius 3 is 2.67 bits per heavy atom. The van der Waals surface area contributed by atoms with E-state index >= 15 is 0 Å². The van der Waals surface area contributed by atoms with E-state index in [2.05, 4.69) is 39.1 Å². The molecule has 1 saturated heterocycles. The highest BCUT2D eigenvalue weighted by molar-refractivity contribution is 5.76. The Morgan fingerprint density at radius 1 is 0.963 bits per heavy atom. The lowest BCUT2D eigenvalue weighted by Crippen LogP contribution is -2.41. The summed E-state index contributed by atoms with van der Waals surface area (Å²) in [6, 6.07) is 14.5. The predicted molar refractivity (Wildman–Crippen MR) is 108 cm³/mol. The van der Waals surface area contributed by atoms with Gasteiger partial charge in [-0.05, 0) is 61.1 Å². The smallest absolute Gasteiger partial charge is 0.129 e. The van der Waals surface area contributed by atoms with Crippen LogP contribution in [-0.2, 0) is 6.54 Å². The van der Waals surface area contributed by atoms with Crippen LogP contribution in [0.1, 0.15) is 37.7 Å². The summed E-state index contributed by atoms with van der Waals surface area (Å²) in [5, 5.41) is 0. The Morgan fingerprint density at radius 2 is 1.78 bits per heavy atom. The number of hydrogen-bond acceptors (Lipinski definition) is 3. The quantitative estimate of drug-likeness (QED) is 0.679. The van der Waals surface area contributed by atoms with Crippen LogP contribution in [0.5, 0.6) is 11.5 Å². The van der Waals surface area contributed by atoms with Gasteiger partial charge in [-0.15, -0.1) is 0 Å². The number of fused-ring (bicyclic) bond motifs is 2. The first-order valence-corrected chi connectivity index (χ1v) is 10.3. The molecule has 1 aliphatic carbocycles. The average molecular weight is 361 g/mol. The van der Waals surface area contributed by atoms with E-state index in [4.69, 9.17) is 4.74 Å². The van der Waals surface area contributed by atoms with Crippen LogP contribution in [0.3, 0.4) is 0 Å². The number of aromatic amines is 1. The molecule has 5 rings (SSSR count). The van der Waals surface area contributed by atoms with Crippen molar-refractivity contribution in [1.82, 2.24) is 14.9 Å². The van der Waals surface area contributed by atoms with Crippen LogP contribution in [0.25, 0.3) is 11.0 Å². The van der Waals surface area contributed by atoms with Gasteiger partial charge in [-0.2, -0.15) is 0 Å². The van der Waals surface area contributed by atoms with Crippen molar-refractivity contribution in [3.63, 3.8) is 0 Å². The summed E-state index contributed by atoms with van der Waals surface area (Å²) >= 11 is 0. The van der Waals surface area contributed by atoms with Gasteiger partial charge in [-0.25, -0.2) is 4.98 Å². The minimum atomic E-state index is 0.832. The van der Waals surface area contributed by atoms with Gasteiger partial charge in [0.25, 0.3) is 0 Å². The molecular formula is C23H27N3O. The average Bonchev–Trinajstić information content (AvgIpc) is 3.17. The van der Waals surface area contributed by atoms with Crippen molar-refractivity contribution < 1.29 is 4.74 Å². The predicted octanol–water partition coefficient (Wildman–Crippen LogP) is 5.37. The number of ether oxygens (including phenoxy) is 1. The summed E-state index contributed by atoms with van der Waals surface area (Å²) in [5.74, 6) is 3.65. The number of imidazole rings is 1. The maximum atomic E-state index is 6.01. The van der Waals surface area contributed by atoms with Gasteiger partial charge in [0, 0.05) is 19.2 Å². The molecule has 4 nitrogen and oxygen atoms in total. The number of H-pyrrole nitrogens is 1. The highest BCUT2D eigenvalue weighted by atomic mass is 16.5. The van der Waals surface area contributed by atoms with Crippen LogP contribution in [-0.4, -0.2) is 28.0 Å². The van der Waals surface area contributed by atoms with Crippen molar-refractivity contribution in [1.29, 1.82) is 0 Å². The number of likely N-dealkylation sites (tertiary alicyclic amines) is 1. The van der Waals surface area contributed by atoms with Crippen LogP contribution in [0.4, 0.5) is 0 Å². The fourth-order valence-corrected chi connectivity index (χ4v) is 4.86. The van der Waals surface area contributed by atoms with Crippen LogP contribution in [0.15, 0.2) is 48.8 Å². The zero-order chi connectivity index (χ0) is 18.1. The van der Waals surface area contributed by atoms with Crippen molar-refractivity contribution in [3.8, 4) is 11.5 Å². The largest absolute Gasteiger partial charge is 0.457 e. The molecule has 2 heterocycles. The van der Waals surface area contributed by atoms with Crippen LogP contribution >= 0.6 is 0 Å². The number of rotatable bonds is 4. The van der Waals surface area contributed by atoms with Crippen LogP contribution in [0, 0.1) is 11.8 Å². The van der Waals surface area contributed by atoms with Crippen molar-refractivity contribution in [2.75, 3.05) is 13.1 Å². The van der Waals surface area contributed by atoms with Crippen molar-refractivity contribution in [2.45, 2.75) is 38.6 Å². The molecule has 0 bridgehead atoms. The Kier molecular flexibility index (Phi) is 4.58. The van der Waals surface area contributed by atoms with Gasteiger partial charge in [0.2, 0.25) is 0 Å². The Bertz CT molecular complexity index is 901. The molecule has 0 unspecified atom stereocenters. The van der Waals surface area contributed by atoms with Gasteiger partial charge < -0.3 is 9.72 Å². The molecule has 140 valence electrons. The number of piperidine rings is 1. The van der Waals surface area contributed by atoms with Gasteiger partial charge in [0.05, 0.1) is 17.4 Å². The fraction of sp³-hybridized carbons (Fsp3) is 0.435. The second-order valence-electron chi connectivity index (χ2n) is 8.16. The summed E-state index contributed by atoms with van der Waals surface area (Å²) in [4.78, 5) is 10.0. The molecule has 4 heteroatoms. The number of nitrogens with one attached hydrogen (secondary N) is 1. The molecule has 2 aliphatic rings. The Labute approximate surface area is 160 Å². The lowest BCUT2D eigenvalue weighted by Gasteiger charge is -2.41. The maximum Gasteiger partial charge on any atom is 0.129 e. The van der Waals surface area contributed by atoms with Crippen LogP contribution < -0.4 is 4.74 Å².